The first-order valence-electron chi connectivity index (χ1n) is 6.95. The fraction of sp³-hybridized carbons (Fsp3) is 0. The predicted octanol–water partition coefficient (Wildman–Crippen LogP) is 4.71. The number of nitrogens with zero attached hydrogens (tertiary/aromatic N) is 1. The molecule has 0 saturated carbocycles. The van der Waals surface area contributed by atoms with Crippen LogP contribution in [0.3, 0.4) is 0 Å². The van der Waals surface area contributed by atoms with Crippen molar-refractivity contribution in [2.24, 2.45) is 0 Å². The van der Waals surface area contributed by atoms with Crippen LogP contribution in [0.15, 0.2) is 63.4 Å². The maximum Gasteiger partial charge on any atom is 0.227 e. The lowest BCUT2D eigenvalue weighted by Crippen LogP contribution is -1.78. The third kappa shape index (κ3) is 2.42. The van der Waals surface area contributed by atoms with Gasteiger partial charge in [0.15, 0.2) is 17.6 Å². The van der Waals surface area contributed by atoms with Gasteiger partial charge in [-0.2, -0.15) is 0 Å². The number of carbonyl (C=O) groups is 1. The molecule has 0 unspecified atom stereocenters. The van der Waals surface area contributed by atoms with Crippen molar-refractivity contribution in [3.05, 3.63) is 66.2 Å². The zero-order valence-corrected chi connectivity index (χ0v) is 11.8. The molecule has 0 aliphatic carbocycles. The van der Waals surface area contributed by atoms with Crippen molar-refractivity contribution in [1.82, 2.24) is 4.98 Å². The summed E-state index contributed by atoms with van der Waals surface area (Å²) in [5, 5.41) is 0. The molecule has 2 aromatic carbocycles. The molecule has 0 saturated heterocycles. The number of hydrogen-bond acceptors (Lipinski definition) is 4. The molecule has 0 amide bonds. The summed E-state index contributed by atoms with van der Waals surface area (Å²) in [7, 11) is 0. The molecule has 0 atom stereocenters. The number of carbonyl (C=O) groups excluding carboxylic acids is 1. The zero-order valence-electron chi connectivity index (χ0n) is 11.8. The summed E-state index contributed by atoms with van der Waals surface area (Å²) in [5.74, 6) is 0.966. The number of rotatable bonds is 3. The van der Waals surface area contributed by atoms with Crippen molar-refractivity contribution >= 4 is 17.4 Å². The summed E-state index contributed by atoms with van der Waals surface area (Å²) in [5.41, 5.74) is 2.77. The van der Waals surface area contributed by atoms with Gasteiger partial charge >= 0.3 is 0 Å². The fourth-order valence-corrected chi connectivity index (χ4v) is 2.37. The number of furan rings is 1. The minimum atomic E-state index is -0.309. The van der Waals surface area contributed by atoms with E-state index in [9.17, 15) is 9.18 Å². The van der Waals surface area contributed by atoms with Crippen LogP contribution in [0.4, 0.5) is 4.39 Å². The van der Waals surface area contributed by atoms with Crippen LogP contribution in [0.5, 0.6) is 0 Å². The monoisotopic (exact) mass is 307 g/mol. The van der Waals surface area contributed by atoms with Crippen molar-refractivity contribution in [2.45, 2.75) is 0 Å². The normalized spacial score (nSPS) is 11.0. The van der Waals surface area contributed by atoms with Crippen molar-refractivity contribution in [3.8, 4) is 22.8 Å². The summed E-state index contributed by atoms with van der Waals surface area (Å²) in [6, 6.07) is 14.7. The van der Waals surface area contributed by atoms with Crippen molar-refractivity contribution in [2.75, 3.05) is 0 Å². The van der Waals surface area contributed by atoms with Gasteiger partial charge in [-0.25, -0.2) is 9.37 Å². The van der Waals surface area contributed by atoms with Gasteiger partial charge in [-0.15, -0.1) is 0 Å². The third-order valence-corrected chi connectivity index (χ3v) is 3.51. The molecule has 0 aliphatic rings. The van der Waals surface area contributed by atoms with Gasteiger partial charge in [-0.3, -0.25) is 4.79 Å². The first-order chi connectivity index (χ1) is 11.2. The standard InChI is InChI=1S/C18H10FNO3/c19-13-4-1-11(2-5-13)18-20-15-9-12(3-7-17(15)23-18)16-8-6-14(10-21)22-16/h1-10H. The Kier molecular flexibility index (Phi) is 3.05. The number of aromatic nitrogens is 1. The van der Waals surface area contributed by atoms with Crippen LogP contribution in [0, 0.1) is 5.82 Å². The summed E-state index contributed by atoms with van der Waals surface area (Å²) >= 11 is 0. The van der Waals surface area contributed by atoms with Crippen LogP contribution < -0.4 is 0 Å². The highest BCUT2D eigenvalue weighted by atomic mass is 19.1. The summed E-state index contributed by atoms with van der Waals surface area (Å²) in [6.07, 6.45) is 0.658. The first-order valence-corrected chi connectivity index (χ1v) is 6.95. The molecule has 4 aromatic rings. The van der Waals surface area contributed by atoms with Gasteiger partial charge in [0.2, 0.25) is 5.89 Å². The minimum Gasteiger partial charge on any atom is -0.453 e. The van der Waals surface area contributed by atoms with Gasteiger partial charge in [0.25, 0.3) is 0 Å². The van der Waals surface area contributed by atoms with Crippen LogP contribution in [0.25, 0.3) is 33.9 Å². The van der Waals surface area contributed by atoms with E-state index in [0.29, 0.717) is 34.6 Å². The van der Waals surface area contributed by atoms with Crippen molar-refractivity contribution in [1.29, 1.82) is 0 Å². The number of halogens is 1. The number of aldehydes is 1. The average Bonchev–Trinajstić information content (AvgIpc) is 3.21. The molecule has 4 rings (SSSR count). The van der Waals surface area contributed by atoms with E-state index in [0.717, 1.165) is 5.56 Å². The summed E-state index contributed by atoms with van der Waals surface area (Å²) in [6.45, 7) is 0. The van der Waals surface area contributed by atoms with Gasteiger partial charge in [0, 0.05) is 11.1 Å². The fourth-order valence-electron chi connectivity index (χ4n) is 2.37. The van der Waals surface area contributed by atoms with Gasteiger partial charge in [-0.1, -0.05) is 0 Å². The smallest absolute Gasteiger partial charge is 0.227 e. The molecule has 2 aromatic heterocycles. The molecule has 0 bridgehead atoms. The van der Waals surface area contributed by atoms with Gasteiger partial charge in [0.05, 0.1) is 0 Å². The Morgan fingerprint density at radius 1 is 0.913 bits per heavy atom. The molecule has 112 valence electrons. The first kappa shape index (κ1) is 13.5. The molecule has 0 radical (unpaired) electrons. The number of fused-ring (bicyclic) bond motifs is 1. The molecule has 5 heteroatoms. The second-order valence-electron chi connectivity index (χ2n) is 5.03. The average molecular weight is 307 g/mol. The van der Waals surface area contributed by atoms with E-state index in [1.807, 2.05) is 12.1 Å². The Balaban J connectivity index is 1.77. The van der Waals surface area contributed by atoms with E-state index in [2.05, 4.69) is 4.98 Å². The van der Waals surface area contributed by atoms with Crippen LogP contribution in [-0.4, -0.2) is 11.3 Å². The molecule has 0 aliphatic heterocycles. The molecular formula is C18H10FNO3. The topological polar surface area (TPSA) is 56.2 Å². The summed E-state index contributed by atoms with van der Waals surface area (Å²) in [4.78, 5) is 15.1. The lowest BCUT2D eigenvalue weighted by atomic mass is 10.1. The summed E-state index contributed by atoms with van der Waals surface area (Å²) < 4.78 is 24.1. The van der Waals surface area contributed by atoms with E-state index in [1.165, 1.54) is 12.1 Å². The van der Waals surface area contributed by atoms with Crippen molar-refractivity contribution < 1.29 is 18.0 Å². The third-order valence-electron chi connectivity index (χ3n) is 3.51. The highest BCUT2D eigenvalue weighted by Crippen LogP contribution is 2.29. The van der Waals surface area contributed by atoms with Gasteiger partial charge in [-0.05, 0) is 54.6 Å². The zero-order chi connectivity index (χ0) is 15.8. The molecule has 0 fully saturated rings. The molecule has 23 heavy (non-hydrogen) atoms. The quantitative estimate of drug-likeness (QED) is 0.514. The maximum atomic E-state index is 13.0. The Bertz CT molecular complexity index is 999. The van der Waals surface area contributed by atoms with Crippen molar-refractivity contribution in [3.63, 3.8) is 0 Å². The van der Waals surface area contributed by atoms with Gasteiger partial charge in [0.1, 0.15) is 17.1 Å². The lowest BCUT2D eigenvalue weighted by Gasteiger charge is -1.95. The SMILES string of the molecule is O=Cc1ccc(-c2ccc3oc(-c4ccc(F)cc4)nc3c2)o1. The van der Waals surface area contributed by atoms with Crippen LogP contribution in [-0.2, 0) is 0 Å². The van der Waals surface area contributed by atoms with Crippen LogP contribution in [0.2, 0.25) is 0 Å². The van der Waals surface area contributed by atoms with Gasteiger partial charge < -0.3 is 8.83 Å². The highest BCUT2D eigenvalue weighted by molar-refractivity contribution is 5.82. The minimum absolute atomic E-state index is 0.271. The Morgan fingerprint density at radius 3 is 2.43 bits per heavy atom. The number of hydrogen-bond donors (Lipinski definition) is 0. The maximum absolute atomic E-state index is 13.0. The Hall–Kier alpha value is -3.21. The predicted molar refractivity (Wildman–Crippen MR) is 82.5 cm³/mol. The molecule has 0 N–H and O–H groups in total. The van der Waals surface area contributed by atoms with Crippen LogP contribution >= 0.6 is 0 Å². The van der Waals surface area contributed by atoms with E-state index in [4.69, 9.17) is 8.83 Å². The van der Waals surface area contributed by atoms with E-state index < -0.39 is 0 Å². The van der Waals surface area contributed by atoms with E-state index in [1.54, 1.807) is 30.3 Å². The van der Waals surface area contributed by atoms with Crippen LogP contribution in [0.1, 0.15) is 10.6 Å². The molecule has 0 spiro atoms. The largest absolute Gasteiger partial charge is 0.453 e. The molecule has 2 heterocycles. The van der Waals surface area contributed by atoms with E-state index >= 15 is 0 Å². The lowest BCUT2D eigenvalue weighted by molar-refractivity contribution is 0.110. The second-order valence-corrected chi connectivity index (χ2v) is 5.03. The molecule has 4 nitrogen and oxygen atoms in total. The second kappa shape index (κ2) is 5.21. The van der Waals surface area contributed by atoms with E-state index in [-0.39, 0.29) is 11.6 Å². The highest BCUT2D eigenvalue weighted by Gasteiger charge is 2.11. The Labute approximate surface area is 130 Å². The molecular weight excluding hydrogens is 297 g/mol. The number of oxazole rings is 1. The Morgan fingerprint density at radius 2 is 1.70 bits per heavy atom. The number of benzene rings is 2.